The second-order valence-electron chi connectivity index (χ2n) is 7.10. The molecule has 3 rings (SSSR count). The Bertz CT molecular complexity index is 892. The number of allylic oxidation sites excluding steroid dienone is 1. The van der Waals surface area contributed by atoms with E-state index in [1.54, 1.807) is 12.4 Å². The first-order valence-corrected chi connectivity index (χ1v) is 9.66. The molecule has 0 bridgehead atoms. The van der Waals surface area contributed by atoms with Gasteiger partial charge in [-0.25, -0.2) is 0 Å². The summed E-state index contributed by atoms with van der Waals surface area (Å²) in [6.07, 6.45) is 5.79. The van der Waals surface area contributed by atoms with Crippen molar-refractivity contribution in [3.8, 4) is 11.1 Å². The molecule has 0 radical (unpaired) electrons. The molecule has 0 spiro atoms. The Morgan fingerprint density at radius 2 is 1.68 bits per heavy atom. The number of carbonyl (C=O) groups is 2. The number of hydrogen-bond donors (Lipinski definition) is 1. The fourth-order valence-electron chi connectivity index (χ4n) is 3.39. The summed E-state index contributed by atoms with van der Waals surface area (Å²) in [5, 5.41) is 9.25. The Kier molecular flexibility index (Phi) is 6.66. The molecule has 1 atom stereocenters. The molecule has 4 heteroatoms. The number of ketones is 2. The number of aliphatic imine (C=N–C) groups is 1. The van der Waals surface area contributed by atoms with Gasteiger partial charge in [0.2, 0.25) is 0 Å². The van der Waals surface area contributed by atoms with Crippen LogP contribution in [0.1, 0.15) is 42.1 Å². The third-order valence-corrected chi connectivity index (χ3v) is 5.17. The molecule has 0 aromatic heterocycles. The molecule has 0 fully saturated rings. The average molecular weight is 375 g/mol. The molecule has 28 heavy (non-hydrogen) atoms. The predicted octanol–water partition coefficient (Wildman–Crippen LogP) is 4.41. The molecule has 1 heterocycles. The van der Waals surface area contributed by atoms with E-state index >= 15 is 0 Å². The lowest BCUT2D eigenvalue weighted by Crippen LogP contribution is -2.22. The number of Topliss-reactive ketones (excluding diaryl/α,β-unsaturated/α-hetero) is 2. The molecule has 1 aliphatic heterocycles. The van der Waals surface area contributed by atoms with E-state index in [9.17, 15) is 14.7 Å². The monoisotopic (exact) mass is 375 g/mol. The first kappa shape index (κ1) is 19.9. The summed E-state index contributed by atoms with van der Waals surface area (Å²) in [5.41, 5.74) is 5.05. The van der Waals surface area contributed by atoms with Crippen molar-refractivity contribution >= 4 is 17.8 Å². The number of carbonyl (C=O) groups excluding carboxylic acids is 2. The van der Waals surface area contributed by atoms with Crippen LogP contribution < -0.4 is 0 Å². The molecule has 1 N–H and O–H groups in total. The summed E-state index contributed by atoms with van der Waals surface area (Å²) in [6, 6.07) is 15.9. The third kappa shape index (κ3) is 4.90. The van der Waals surface area contributed by atoms with E-state index in [1.165, 1.54) is 5.56 Å². The van der Waals surface area contributed by atoms with Crippen molar-refractivity contribution in [3.05, 3.63) is 71.4 Å². The molecule has 1 aliphatic rings. The number of aryl methyl sites for hydroxylation is 1. The van der Waals surface area contributed by atoms with E-state index in [0.717, 1.165) is 23.1 Å². The van der Waals surface area contributed by atoms with Crippen molar-refractivity contribution in [2.45, 2.75) is 32.6 Å². The zero-order valence-electron chi connectivity index (χ0n) is 16.1. The van der Waals surface area contributed by atoms with Gasteiger partial charge in [0.1, 0.15) is 6.61 Å². The number of nitrogens with zero attached hydrogens (tertiary/aromatic N) is 1. The van der Waals surface area contributed by atoms with Crippen LogP contribution in [0.5, 0.6) is 0 Å². The summed E-state index contributed by atoms with van der Waals surface area (Å²) in [5.74, 6) is -0.889. The van der Waals surface area contributed by atoms with Crippen molar-refractivity contribution in [1.82, 2.24) is 0 Å². The maximum absolute atomic E-state index is 12.7. The van der Waals surface area contributed by atoms with Crippen LogP contribution in [0.2, 0.25) is 0 Å². The average Bonchev–Trinajstić information content (AvgIpc) is 3.26. The van der Waals surface area contributed by atoms with Crippen LogP contribution in [0.15, 0.2) is 65.3 Å². The highest BCUT2D eigenvalue weighted by Gasteiger charge is 2.23. The molecule has 144 valence electrons. The van der Waals surface area contributed by atoms with Crippen LogP contribution in [0.25, 0.3) is 11.1 Å². The molecular weight excluding hydrogens is 350 g/mol. The Labute approximate surface area is 165 Å². The van der Waals surface area contributed by atoms with Crippen LogP contribution in [-0.4, -0.2) is 29.5 Å². The molecule has 0 unspecified atom stereocenters. The highest BCUT2D eigenvalue weighted by Crippen LogP contribution is 2.25. The van der Waals surface area contributed by atoms with Gasteiger partial charge in [-0.2, -0.15) is 0 Å². The molecule has 0 saturated carbocycles. The molecular formula is C24H25NO3. The second kappa shape index (κ2) is 9.38. The lowest BCUT2D eigenvalue weighted by Gasteiger charge is -2.14. The SMILES string of the molecule is CCc1ccc(-c2ccc(C(=O)C[C@@H](CC3=CN=CC3)C(=O)CO)cc2)cc1. The van der Waals surface area contributed by atoms with E-state index in [0.29, 0.717) is 18.4 Å². The lowest BCUT2D eigenvalue weighted by atomic mass is 9.88. The molecule has 0 amide bonds. The maximum Gasteiger partial charge on any atom is 0.163 e. The number of hydrogen-bond acceptors (Lipinski definition) is 4. The Morgan fingerprint density at radius 3 is 2.21 bits per heavy atom. The quantitative estimate of drug-likeness (QED) is 0.660. The number of rotatable bonds is 9. The van der Waals surface area contributed by atoms with Crippen LogP contribution in [0, 0.1) is 5.92 Å². The van der Waals surface area contributed by atoms with Gasteiger partial charge in [0, 0.05) is 36.7 Å². The first-order chi connectivity index (χ1) is 13.6. The summed E-state index contributed by atoms with van der Waals surface area (Å²) < 4.78 is 0. The van der Waals surface area contributed by atoms with Gasteiger partial charge in [-0.3, -0.25) is 14.6 Å². The fraction of sp³-hybridized carbons (Fsp3) is 0.292. The minimum Gasteiger partial charge on any atom is -0.389 e. The number of aliphatic hydroxyl groups excluding tert-OH is 1. The van der Waals surface area contributed by atoms with Gasteiger partial charge in [-0.05, 0) is 35.1 Å². The number of benzene rings is 2. The largest absolute Gasteiger partial charge is 0.389 e. The van der Waals surface area contributed by atoms with Crippen molar-refractivity contribution in [1.29, 1.82) is 0 Å². The Balaban J connectivity index is 1.69. The molecule has 0 saturated heterocycles. The molecule has 4 nitrogen and oxygen atoms in total. The zero-order valence-corrected chi connectivity index (χ0v) is 16.1. The fourth-order valence-corrected chi connectivity index (χ4v) is 3.39. The van der Waals surface area contributed by atoms with Gasteiger partial charge in [0.25, 0.3) is 0 Å². The zero-order chi connectivity index (χ0) is 19.9. The number of aliphatic hydroxyl groups is 1. The van der Waals surface area contributed by atoms with E-state index in [1.807, 2.05) is 24.3 Å². The lowest BCUT2D eigenvalue weighted by molar-refractivity contribution is -0.125. The van der Waals surface area contributed by atoms with Gasteiger partial charge < -0.3 is 5.11 Å². The molecule has 2 aromatic carbocycles. The summed E-state index contributed by atoms with van der Waals surface area (Å²) in [4.78, 5) is 28.8. The second-order valence-corrected chi connectivity index (χ2v) is 7.10. The van der Waals surface area contributed by atoms with Gasteiger partial charge in [0.05, 0.1) is 0 Å². The smallest absolute Gasteiger partial charge is 0.163 e. The van der Waals surface area contributed by atoms with Crippen LogP contribution >= 0.6 is 0 Å². The van der Waals surface area contributed by atoms with Gasteiger partial charge in [0.15, 0.2) is 11.6 Å². The van der Waals surface area contributed by atoms with Crippen LogP contribution in [-0.2, 0) is 11.2 Å². The maximum atomic E-state index is 12.7. The third-order valence-electron chi connectivity index (χ3n) is 5.17. The summed E-state index contributed by atoms with van der Waals surface area (Å²) >= 11 is 0. The Morgan fingerprint density at radius 1 is 1.04 bits per heavy atom. The highest BCUT2D eigenvalue weighted by molar-refractivity contribution is 5.99. The van der Waals surface area contributed by atoms with E-state index in [-0.39, 0.29) is 18.0 Å². The minimum atomic E-state index is -0.543. The van der Waals surface area contributed by atoms with Crippen molar-refractivity contribution in [2.24, 2.45) is 10.9 Å². The Hall–Kier alpha value is -2.85. The summed E-state index contributed by atoms with van der Waals surface area (Å²) in [6.45, 7) is 1.58. The normalized spacial score (nSPS) is 14.0. The van der Waals surface area contributed by atoms with E-state index in [2.05, 4.69) is 36.2 Å². The summed E-state index contributed by atoms with van der Waals surface area (Å²) in [7, 11) is 0. The van der Waals surface area contributed by atoms with E-state index < -0.39 is 12.5 Å². The van der Waals surface area contributed by atoms with Crippen LogP contribution in [0.3, 0.4) is 0 Å². The predicted molar refractivity (Wildman–Crippen MR) is 112 cm³/mol. The standard InChI is InChI=1S/C24H25NO3/c1-2-17-3-5-19(6-4-17)20-7-9-21(10-8-20)23(27)14-22(24(28)16-26)13-18-11-12-25-15-18/h3-10,12,15,22,26H,2,11,13-14,16H2,1H3/t22-/m1/s1. The van der Waals surface area contributed by atoms with Gasteiger partial charge in [-0.1, -0.05) is 55.5 Å². The van der Waals surface area contributed by atoms with E-state index in [4.69, 9.17) is 0 Å². The van der Waals surface area contributed by atoms with Crippen LogP contribution in [0.4, 0.5) is 0 Å². The van der Waals surface area contributed by atoms with Gasteiger partial charge >= 0.3 is 0 Å². The first-order valence-electron chi connectivity index (χ1n) is 9.66. The van der Waals surface area contributed by atoms with Crippen molar-refractivity contribution in [3.63, 3.8) is 0 Å². The minimum absolute atomic E-state index is 0.0841. The van der Waals surface area contributed by atoms with Crippen molar-refractivity contribution in [2.75, 3.05) is 6.61 Å². The van der Waals surface area contributed by atoms with Crippen molar-refractivity contribution < 1.29 is 14.7 Å². The molecule has 0 aliphatic carbocycles. The molecule has 2 aromatic rings. The van der Waals surface area contributed by atoms with Gasteiger partial charge in [-0.15, -0.1) is 0 Å². The topological polar surface area (TPSA) is 66.7 Å². The highest BCUT2D eigenvalue weighted by atomic mass is 16.3.